The van der Waals surface area contributed by atoms with Gasteiger partial charge in [0.25, 0.3) is 5.56 Å². The van der Waals surface area contributed by atoms with Crippen molar-refractivity contribution in [1.82, 2.24) is 19.3 Å². The molecule has 0 amide bonds. The van der Waals surface area contributed by atoms with E-state index in [9.17, 15) is 9.59 Å². The average molecular weight is 376 g/mol. The van der Waals surface area contributed by atoms with E-state index in [1.54, 1.807) is 24.3 Å². The number of nitrogens with zero attached hydrogens (tertiary/aromatic N) is 4. The number of benzene rings is 2. The summed E-state index contributed by atoms with van der Waals surface area (Å²) in [5.41, 5.74) is 1.77. The molecule has 2 heterocycles. The Bertz CT molecular complexity index is 1280. The van der Waals surface area contributed by atoms with E-state index in [-0.39, 0.29) is 18.1 Å². The molecule has 28 heavy (non-hydrogen) atoms. The van der Waals surface area contributed by atoms with Crippen LogP contribution in [0.4, 0.5) is 0 Å². The third-order valence-electron chi connectivity index (χ3n) is 4.74. The number of hydrogen-bond donors (Lipinski definition) is 0. The van der Waals surface area contributed by atoms with Gasteiger partial charge < -0.3 is 4.52 Å². The number of rotatable bonds is 4. The van der Waals surface area contributed by atoms with E-state index in [2.05, 4.69) is 10.1 Å². The Morgan fingerprint density at radius 3 is 2.50 bits per heavy atom. The predicted octanol–water partition coefficient (Wildman–Crippen LogP) is 3.15. The first kappa shape index (κ1) is 17.9. The Morgan fingerprint density at radius 1 is 1.04 bits per heavy atom. The molecule has 0 aliphatic heterocycles. The molecule has 0 N–H and O–H groups in total. The maximum atomic E-state index is 13.0. The minimum Gasteiger partial charge on any atom is -0.337 e. The fraction of sp³-hybridized carbons (Fsp3) is 0.238. The van der Waals surface area contributed by atoms with Gasteiger partial charge in [0, 0.05) is 11.6 Å². The highest BCUT2D eigenvalue weighted by atomic mass is 16.5. The largest absolute Gasteiger partial charge is 0.337 e. The Kier molecular flexibility index (Phi) is 4.43. The summed E-state index contributed by atoms with van der Waals surface area (Å²) in [5.74, 6) is 0.780. The van der Waals surface area contributed by atoms with Gasteiger partial charge in [0.2, 0.25) is 11.7 Å². The Hall–Kier alpha value is -3.48. The molecule has 4 aromatic rings. The van der Waals surface area contributed by atoms with Crippen LogP contribution in [0, 0.1) is 6.92 Å². The van der Waals surface area contributed by atoms with Crippen molar-refractivity contribution >= 4 is 10.9 Å². The molecule has 0 unspecified atom stereocenters. The molecule has 0 aliphatic carbocycles. The standard InChI is InChI=1S/C21H20N4O3/c1-13(2)25-20(26)16-10-6-7-11-17(16)24(21(25)27)12-18-22-19(23-28-18)15-9-5-4-8-14(15)3/h4-11,13H,12H2,1-3H3. The van der Waals surface area contributed by atoms with Crippen LogP contribution in [0.3, 0.4) is 0 Å². The van der Waals surface area contributed by atoms with Crippen molar-refractivity contribution in [2.45, 2.75) is 33.4 Å². The zero-order valence-electron chi connectivity index (χ0n) is 15.9. The molecule has 0 aliphatic rings. The van der Waals surface area contributed by atoms with Crippen LogP contribution in [-0.2, 0) is 6.54 Å². The zero-order chi connectivity index (χ0) is 19.8. The van der Waals surface area contributed by atoms with Crippen molar-refractivity contribution in [2.24, 2.45) is 0 Å². The van der Waals surface area contributed by atoms with Gasteiger partial charge in [-0.25, -0.2) is 4.79 Å². The number of para-hydroxylation sites is 1. The summed E-state index contributed by atoms with van der Waals surface area (Å²) in [6.07, 6.45) is 0. The van der Waals surface area contributed by atoms with Crippen molar-refractivity contribution in [3.63, 3.8) is 0 Å². The molecule has 4 rings (SSSR count). The van der Waals surface area contributed by atoms with Gasteiger partial charge in [-0.05, 0) is 38.5 Å². The molecule has 0 spiro atoms. The second kappa shape index (κ2) is 6.92. The van der Waals surface area contributed by atoms with Crippen LogP contribution in [0.5, 0.6) is 0 Å². The van der Waals surface area contributed by atoms with E-state index in [4.69, 9.17) is 4.52 Å². The second-order valence-electron chi connectivity index (χ2n) is 6.98. The number of aryl methyl sites for hydroxylation is 1. The first-order valence-electron chi connectivity index (χ1n) is 9.10. The van der Waals surface area contributed by atoms with Crippen molar-refractivity contribution in [2.75, 3.05) is 0 Å². The Morgan fingerprint density at radius 2 is 1.75 bits per heavy atom. The molecule has 142 valence electrons. The highest BCUT2D eigenvalue weighted by Crippen LogP contribution is 2.20. The number of fused-ring (bicyclic) bond motifs is 1. The lowest BCUT2D eigenvalue weighted by Crippen LogP contribution is -2.41. The molecule has 0 saturated carbocycles. The van der Waals surface area contributed by atoms with E-state index in [1.807, 2.05) is 45.0 Å². The van der Waals surface area contributed by atoms with E-state index in [0.717, 1.165) is 11.1 Å². The quantitative estimate of drug-likeness (QED) is 0.546. The summed E-state index contributed by atoms with van der Waals surface area (Å²) in [6, 6.07) is 14.5. The lowest BCUT2D eigenvalue weighted by atomic mass is 10.1. The SMILES string of the molecule is Cc1ccccc1-c1noc(Cn2c(=O)n(C(C)C)c(=O)c3ccccc32)n1. The van der Waals surface area contributed by atoms with Crippen LogP contribution in [0.25, 0.3) is 22.3 Å². The third kappa shape index (κ3) is 2.94. The fourth-order valence-electron chi connectivity index (χ4n) is 3.34. The van der Waals surface area contributed by atoms with Crippen molar-refractivity contribution in [1.29, 1.82) is 0 Å². The Labute approximate surface area is 160 Å². The number of hydrogen-bond acceptors (Lipinski definition) is 5. The minimum absolute atomic E-state index is 0.0885. The highest BCUT2D eigenvalue weighted by molar-refractivity contribution is 5.77. The lowest BCUT2D eigenvalue weighted by Gasteiger charge is -2.14. The summed E-state index contributed by atoms with van der Waals surface area (Å²) in [7, 11) is 0. The summed E-state index contributed by atoms with van der Waals surface area (Å²) < 4.78 is 8.16. The summed E-state index contributed by atoms with van der Waals surface area (Å²) >= 11 is 0. The smallest absolute Gasteiger partial charge is 0.332 e. The van der Waals surface area contributed by atoms with E-state index < -0.39 is 5.69 Å². The van der Waals surface area contributed by atoms with E-state index >= 15 is 0 Å². The second-order valence-corrected chi connectivity index (χ2v) is 6.98. The maximum absolute atomic E-state index is 13.0. The predicted molar refractivity (Wildman–Crippen MR) is 106 cm³/mol. The summed E-state index contributed by atoms with van der Waals surface area (Å²) in [4.78, 5) is 30.2. The van der Waals surface area contributed by atoms with Crippen LogP contribution >= 0.6 is 0 Å². The van der Waals surface area contributed by atoms with E-state index in [1.165, 1.54) is 9.13 Å². The first-order valence-corrected chi connectivity index (χ1v) is 9.10. The lowest BCUT2D eigenvalue weighted by molar-refractivity contribution is 0.368. The maximum Gasteiger partial charge on any atom is 0.332 e. The van der Waals surface area contributed by atoms with Gasteiger partial charge >= 0.3 is 5.69 Å². The molecule has 0 bridgehead atoms. The van der Waals surface area contributed by atoms with E-state index in [0.29, 0.717) is 22.6 Å². The topological polar surface area (TPSA) is 82.9 Å². The third-order valence-corrected chi connectivity index (χ3v) is 4.74. The van der Waals surface area contributed by atoms with Crippen LogP contribution < -0.4 is 11.2 Å². The van der Waals surface area contributed by atoms with Crippen molar-refractivity contribution in [3.05, 3.63) is 80.8 Å². The van der Waals surface area contributed by atoms with Gasteiger partial charge in [0.05, 0.1) is 10.9 Å². The molecule has 2 aromatic carbocycles. The average Bonchev–Trinajstić information content (AvgIpc) is 3.14. The molecule has 7 heteroatoms. The van der Waals surface area contributed by atoms with Gasteiger partial charge in [-0.1, -0.05) is 41.6 Å². The van der Waals surface area contributed by atoms with Gasteiger partial charge in [-0.2, -0.15) is 4.98 Å². The van der Waals surface area contributed by atoms with Gasteiger partial charge in [0.15, 0.2) is 0 Å². The van der Waals surface area contributed by atoms with Crippen LogP contribution in [0.1, 0.15) is 31.3 Å². The van der Waals surface area contributed by atoms with Crippen molar-refractivity contribution < 1.29 is 4.52 Å². The first-order chi connectivity index (χ1) is 13.5. The molecular formula is C21H20N4O3. The molecule has 7 nitrogen and oxygen atoms in total. The molecular weight excluding hydrogens is 356 g/mol. The van der Waals surface area contributed by atoms with Gasteiger partial charge in [-0.15, -0.1) is 0 Å². The van der Waals surface area contributed by atoms with Crippen LogP contribution in [-0.4, -0.2) is 19.3 Å². The normalized spacial score (nSPS) is 11.4. The monoisotopic (exact) mass is 376 g/mol. The van der Waals surface area contributed by atoms with Gasteiger partial charge in [0.1, 0.15) is 6.54 Å². The van der Waals surface area contributed by atoms with Crippen LogP contribution in [0.15, 0.2) is 62.6 Å². The Balaban J connectivity index is 1.84. The molecule has 2 aromatic heterocycles. The molecule has 0 saturated heterocycles. The highest BCUT2D eigenvalue weighted by Gasteiger charge is 2.17. The van der Waals surface area contributed by atoms with Crippen molar-refractivity contribution in [3.8, 4) is 11.4 Å². The zero-order valence-corrected chi connectivity index (χ0v) is 15.9. The fourth-order valence-corrected chi connectivity index (χ4v) is 3.34. The van der Waals surface area contributed by atoms with Crippen LogP contribution in [0.2, 0.25) is 0 Å². The molecule has 0 atom stereocenters. The minimum atomic E-state index is -0.394. The van der Waals surface area contributed by atoms with Gasteiger partial charge in [-0.3, -0.25) is 13.9 Å². The summed E-state index contributed by atoms with van der Waals surface area (Å²) in [5, 5.41) is 4.54. The molecule has 0 fully saturated rings. The molecule has 0 radical (unpaired) electrons. The number of aromatic nitrogens is 4. The summed E-state index contributed by atoms with van der Waals surface area (Å²) in [6.45, 7) is 5.68.